The maximum atomic E-state index is 13.3. The summed E-state index contributed by atoms with van der Waals surface area (Å²) in [6, 6.07) is 22.1. The minimum Gasteiger partial charge on any atom is -0.319 e. The summed E-state index contributed by atoms with van der Waals surface area (Å²) in [5.41, 5.74) is 3.55. The molecule has 2 aromatic carbocycles. The van der Waals surface area contributed by atoms with Crippen molar-refractivity contribution in [2.75, 3.05) is 5.32 Å². The van der Waals surface area contributed by atoms with Crippen molar-refractivity contribution in [2.24, 2.45) is 0 Å². The molecule has 0 spiro atoms. The van der Waals surface area contributed by atoms with Gasteiger partial charge in [0, 0.05) is 12.7 Å². The van der Waals surface area contributed by atoms with Crippen LogP contribution in [0.3, 0.4) is 0 Å². The number of halogens is 1. The van der Waals surface area contributed by atoms with E-state index in [0.717, 1.165) is 11.1 Å². The van der Waals surface area contributed by atoms with Crippen LogP contribution in [0.2, 0.25) is 5.02 Å². The second-order valence-electron chi connectivity index (χ2n) is 7.62. The Labute approximate surface area is 188 Å². The molecule has 3 aromatic heterocycles. The number of rotatable bonds is 4. The number of anilines is 1. The van der Waals surface area contributed by atoms with Gasteiger partial charge in [-0.25, -0.2) is 4.98 Å². The van der Waals surface area contributed by atoms with Crippen LogP contribution < -0.4 is 10.9 Å². The molecule has 0 fully saturated rings. The van der Waals surface area contributed by atoms with Crippen molar-refractivity contribution in [1.29, 1.82) is 0 Å². The molecule has 0 aliphatic carbocycles. The zero-order valence-electron chi connectivity index (χ0n) is 17.2. The number of fused-ring (bicyclic) bond motifs is 2. The van der Waals surface area contributed by atoms with E-state index >= 15 is 0 Å². The van der Waals surface area contributed by atoms with Crippen molar-refractivity contribution >= 4 is 39.9 Å². The summed E-state index contributed by atoms with van der Waals surface area (Å²) in [5.74, 6) is -0.364. The summed E-state index contributed by atoms with van der Waals surface area (Å²) in [7, 11) is 0. The summed E-state index contributed by atoms with van der Waals surface area (Å²) in [5, 5.41) is 3.67. The molecule has 0 atom stereocenters. The number of aryl methyl sites for hydroxylation is 1. The van der Waals surface area contributed by atoms with Gasteiger partial charge in [-0.2, -0.15) is 0 Å². The SMILES string of the molecule is Cc1ccc2nc3c(cc(C(=O)Nc4ccccc4Cl)n3Cc3ccccc3)c(=O)n2c1. The van der Waals surface area contributed by atoms with Gasteiger partial charge < -0.3 is 9.88 Å². The van der Waals surface area contributed by atoms with E-state index in [1.54, 1.807) is 47.2 Å². The number of carbonyl (C=O) groups excluding carboxylic acids is 1. The highest BCUT2D eigenvalue weighted by molar-refractivity contribution is 6.33. The van der Waals surface area contributed by atoms with Gasteiger partial charge in [-0.15, -0.1) is 0 Å². The highest BCUT2D eigenvalue weighted by Gasteiger charge is 2.21. The number of amides is 1. The molecule has 5 rings (SSSR count). The van der Waals surface area contributed by atoms with Gasteiger partial charge in [0.05, 0.1) is 16.1 Å². The zero-order valence-corrected chi connectivity index (χ0v) is 18.0. The van der Waals surface area contributed by atoms with E-state index in [-0.39, 0.29) is 11.5 Å². The fourth-order valence-corrected chi connectivity index (χ4v) is 3.95. The normalized spacial score (nSPS) is 11.2. The maximum absolute atomic E-state index is 13.3. The molecule has 0 bridgehead atoms. The summed E-state index contributed by atoms with van der Waals surface area (Å²) in [6.07, 6.45) is 1.75. The Kier molecular flexibility index (Phi) is 4.99. The molecule has 3 heterocycles. The molecule has 0 unspecified atom stereocenters. The Morgan fingerprint density at radius 3 is 2.56 bits per heavy atom. The number of aromatic nitrogens is 3. The summed E-state index contributed by atoms with van der Waals surface area (Å²) in [6.45, 7) is 2.31. The first-order valence-corrected chi connectivity index (χ1v) is 10.5. The van der Waals surface area contributed by atoms with Gasteiger partial charge in [-0.1, -0.05) is 60.1 Å². The van der Waals surface area contributed by atoms with E-state index in [9.17, 15) is 9.59 Å². The average molecular weight is 443 g/mol. The molecule has 0 saturated heterocycles. The van der Waals surface area contributed by atoms with Gasteiger partial charge in [-0.3, -0.25) is 14.0 Å². The fraction of sp³-hybridized carbons (Fsp3) is 0.0800. The van der Waals surface area contributed by atoms with Gasteiger partial charge in [-0.05, 0) is 42.3 Å². The van der Waals surface area contributed by atoms with Gasteiger partial charge in [0.1, 0.15) is 17.0 Å². The van der Waals surface area contributed by atoms with Crippen LogP contribution in [0.4, 0.5) is 5.69 Å². The molecule has 0 aliphatic heterocycles. The molecule has 5 aromatic rings. The monoisotopic (exact) mass is 442 g/mol. The third-order valence-corrected chi connectivity index (χ3v) is 5.68. The van der Waals surface area contributed by atoms with Crippen LogP contribution in [-0.4, -0.2) is 19.9 Å². The van der Waals surface area contributed by atoms with E-state index < -0.39 is 0 Å². The largest absolute Gasteiger partial charge is 0.319 e. The third kappa shape index (κ3) is 3.55. The summed E-state index contributed by atoms with van der Waals surface area (Å²) >= 11 is 6.23. The van der Waals surface area contributed by atoms with Crippen molar-refractivity contribution in [1.82, 2.24) is 14.0 Å². The number of benzene rings is 2. The number of pyridine rings is 1. The van der Waals surface area contributed by atoms with Crippen LogP contribution in [0.1, 0.15) is 21.6 Å². The van der Waals surface area contributed by atoms with Gasteiger partial charge >= 0.3 is 0 Å². The first-order valence-electron chi connectivity index (χ1n) is 10.1. The van der Waals surface area contributed by atoms with Crippen molar-refractivity contribution < 1.29 is 4.79 Å². The molecular formula is C25H19ClN4O2. The fourth-order valence-electron chi connectivity index (χ4n) is 3.77. The van der Waals surface area contributed by atoms with Crippen LogP contribution in [0.25, 0.3) is 16.7 Å². The summed E-state index contributed by atoms with van der Waals surface area (Å²) in [4.78, 5) is 31.3. The molecular weight excluding hydrogens is 424 g/mol. The van der Waals surface area contributed by atoms with Crippen LogP contribution in [0, 0.1) is 6.92 Å². The highest BCUT2D eigenvalue weighted by Crippen LogP contribution is 2.24. The van der Waals surface area contributed by atoms with Gasteiger partial charge in [0.2, 0.25) is 0 Å². The maximum Gasteiger partial charge on any atom is 0.272 e. The number of para-hydroxylation sites is 1. The minimum absolute atomic E-state index is 0.215. The first-order chi connectivity index (χ1) is 15.5. The number of hydrogen-bond acceptors (Lipinski definition) is 3. The summed E-state index contributed by atoms with van der Waals surface area (Å²) < 4.78 is 3.29. The lowest BCUT2D eigenvalue weighted by molar-refractivity contribution is 0.101. The van der Waals surface area contributed by atoms with Crippen LogP contribution in [0.15, 0.2) is 83.8 Å². The first kappa shape index (κ1) is 20.0. The number of nitrogens with zero attached hydrogens (tertiary/aromatic N) is 3. The Hall–Kier alpha value is -3.90. The smallest absolute Gasteiger partial charge is 0.272 e. The number of carbonyl (C=O) groups is 1. The van der Waals surface area contributed by atoms with Crippen molar-refractivity contribution in [3.05, 3.63) is 111 Å². The lowest BCUT2D eigenvalue weighted by Crippen LogP contribution is -2.18. The van der Waals surface area contributed by atoms with E-state index in [4.69, 9.17) is 16.6 Å². The third-order valence-electron chi connectivity index (χ3n) is 5.35. The molecule has 1 amide bonds. The number of hydrogen-bond donors (Lipinski definition) is 1. The molecule has 0 saturated carbocycles. The molecule has 0 aliphatic rings. The lowest BCUT2D eigenvalue weighted by atomic mass is 10.2. The van der Waals surface area contributed by atoms with E-state index in [0.29, 0.717) is 39.6 Å². The van der Waals surface area contributed by atoms with E-state index in [1.165, 1.54) is 4.40 Å². The molecule has 6 nitrogen and oxygen atoms in total. The molecule has 32 heavy (non-hydrogen) atoms. The predicted octanol–water partition coefficient (Wildman–Crippen LogP) is 4.91. The molecule has 0 radical (unpaired) electrons. The van der Waals surface area contributed by atoms with Crippen LogP contribution in [0.5, 0.6) is 0 Å². The van der Waals surface area contributed by atoms with Crippen molar-refractivity contribution in [2.45, 2.75) is 13.5 Å². The molecule has 158 valence electrons. The predicted molar refractivity (Wildman–Crippen MR) is 127 cm³/mol. The Morgan fingerprint density at radius 1 is 1.03 bits per heavy atom. The van der Waals surface area contributed by atoms with E-state index in [1.807, 2.05) is 43.3 Å². The van der Waals surface area contributed by atoms with E-state index in [2.05, 4.69) is 5.32 Å². The lowest BCUT2D eigenvalue weighted by Gasteiger charge is -2.12. The van der Waals surface area contributed by atoms with Gasteiger partial charge in [0.25, 0.3) is 11.5 Å². The van der Waals surface area contributed by atoms with Gasteiger partial charge in [0.15, 0.2) is 0 Å². The van der Waals surface area contributed by atoms with Crippen molar-refractivity contribution in [3.8, 4) is 0 Å². The quantitative estimate of drug-likeness (QED) is 0.430. The second-order valence-corrected chi connectivity index (χ2v) is 8.03. The molecule has 7 heteroatoms. The minimum atomic E-state index is -0.364. The topological polar surface area (TPSA) is 68.4 Å². The highest BCUT2D eigenvalue weighted by atomic mass is 35.5. The van der Waals surface area contributed by atoms with Crippen LogP contribution in [-0.2, 0) is 6.54 Å². The second kappa shape index (κ2) is 7.98. The molecule has 1 N–H and O–H groups in total. The average Bonchev–Trinajstić information content (AvgIpc) is 3.15. The Bertz CT molecular complexity index is 1540. The standard InChI is InChI=1S/C25H19ClN4O2/c1-16-11-12-22-28-23-18(25(32)30(22)14-16)13-21(29(23)15-17-7-3-2-4-8-17)24(31)27-20-10-6-5-9-19(20)26/h2-14H,15H2,1H3,(H,27,31). The number of nitrogens with one attached hydrogen (secondary N) is 1. The Balaban J connectivity index is 1.71. The van der Waals surface area contributed by atoms with Crippen molar-refractivity contribution in [3.63, 3.8) is 0 Å². The zero-order chi connectivity index (χ0) is 22.2. The van der Waals surface area contributed by atoms with Crippen LogP contribution >= 0.6 is 11.6 Å². The Morgan fingerprint density at radius 2 is 1.78 bits per heavy atom.